The molecule has 2 aliphatic rings. The van der Waals surface area contributed by atoms with Crippen molar-refractivity contribution in [2.75, 3.05) is 13.4 Å². The first-order valence-electron chi connectivity index (χ1n) is 7.40. The Kier molecular flexibility index (Phi) is 4.64. The van der Waals surface area contributed by atoms with Gasteiger partial charge in [0, 0.05) is 0 Å². The summed E-state index contributed by atoms with van der Waals surface area (Å²) in [4.78, 5) is 25.8. The molecule has 1 saturated carbocycles. The van der Waals surface area contributed by atoms with E-state index in [9.17, 15) is 18.0 Å². The lowest BCUT2D eigenvalue weighted by molar-refractivity contribution is -0.149. The first-order chi connectivity index (χ1) is 10.4. The lowest BCUT2D eigenvalue weighted by atomic mass is 9.98. The number of likely N-dealkylation sites (tertiary alicyclic amines) is 1. The second kappa shape index (κ2) is 5.94. The lowest BCUT2D eigenvalue weighted by Crippen LogP contribution is -2.55. The van der Waals surface area contributed by atoms with Crippen LogP contribution in [-0.2, 0) is 28.6 Å². The molecule has 9 heteroatoms. The van der Waals surface area contributed by atoms with Crippen molar-refractivity contribution >= 4 is 22.2 Å². The molecule has 0 aromatic carbocycles. The largest absolute Gasteiger partial charge is 0.467 e. The van der Waals surface area contributed by atoms with E-state index in [2.05, 4.69) is 0 Å². The van der Waals surface area contributed by atoms with Crippen molar-refractivity contribution in [1.29, 1.82) is 0 Å². The molecule has 0 unspecified atom stereocenters. The molecule has 0 radical (unpaired) electrons. The molecule has 0 spiro atoms. The highest BCUT2D eigenvalue weighted by Crippen LogP contribution is 2.45. The zero-order chi connectivity index (χ0) is 17.6. The van der Waals surface area contributed by atoms with Crippen molar-refractivity contribution < 1.29 is 31.7 Å². The van der Waals surface area contributed by atoms with E-state index in [0.717, 1.165) is 6.26 Å². The third kappa shape index (κ3) is 3.95. The number of piperidine rings is 1. The van der Waals surface area contributed by atoms with Gasteiger partial charge in [0.2, 0.25) is 0 Å². The van der Waals surface area contributed by atoms with E-state index in [1.54, 1.807) is 20.8 Å². The molecular weight excluding hydrogens is 326 g/mol. The molecule has 132 valence electrons. The standard InChI is InChI=1S/C14H23NO7S/c1-14(2,3)21-13(17)15-9-6-8(11(15)12(16)20-4)7-10(9)22-23(5,18)19/h8-11H,6-7H2,1-5H3/t8-,9+,10+,11-/m0/s1. The van der Waals surface area contributed by atoms with E-state index in [1.807, 2.05) is 0 Å². The molecule has 1 aliphatic carbocycles. The number of fused-ring (bicyclic) bond motifs is 2. The van der Waals surface area contributed by atoms with E-state index in [1.165, 1.54) is 12.0 Å². The Morgan fingerprint density at radius 3 is 2.26 bits per heavy atom. The molecule has 4 atom stereocenters. The maximum Gasteiger partial charge on any atom is 0.411 e. The first kappa shape index (κ1) is 18.0. The van der Waals surface area contributed by atoms with Gasteiger partial charge in [0.15, 0.2) is 0 Å². The van der Waals surface area contributed by atoms with Crippen molar-refractivity contribution in [3.63, 3.8) is 0 Å². The molecule has 2 rings (SSSR count). The highest BCUT2D eigenvalue weighted by Gasteiger charge is 2.58. The van der Waals surface area contributed by atoms with Crippen molar-refractivity contribution in [2.45, 2.75) is 57.4 Å². The van der Waals surface area contributed by atoms with E-state index >= 15 is 0 Å². The average Bonchev–Trinajstić information content (AvgIpc) is 2.90. The number of methoxy groups -OCH3 is 1. The third-order valence-corrected chi connectivity index (χ3v) is 4.55. The fourth-order valence-corrected chi connectivity index (χ4v) is 3.97. The summed E-state index contributed by atoms with van der Waals surface area (Å²) in [5.41, 5.74) is -0.729. The van der Waals surface area contributed by atoms with E-state index in [4.69, 9.17) is 13.7 Å². The SMILES string of the molecule is COC(=O)[C@@H]1[C@H]2C[C@H]([C@H](OS(C)(=O)=O)C2)N1C(=O)OC(C)(C)C. The van der Waals surface area contributed by atoms with Gasteiger partial charge in [-0.15, -0.1) is 0 Å². The fraction of sp³-hybridized carbons (Fsp3) is 0.857. The average molecular weight is 349 g/mol. The maximum atomic E-state index is 12.5. The summed E-state index contributed by atoms with van der Waals surface area (Å²) >= 11 is 0. The summed E-state index contributed by atoms with van der Waals surface area (Å²) in [6.07, 6.45) is 0.510. The van der Waals surface area contributed by atoms with Crippen LogP contribution in [-0.4, -0.2) is 62.5 Å². The molecule has 1 heterocycles. The normalized spacial score (nSPS) is 30.4. The molecule has 0 aromatic heterocycles. The Morgan fingerprint density at radius 1 is 1.17 bits per heavy atom. The maximum absolute atomic E-state index is 12.5. The number of nitrogens with zero attached hydrogens (tertiary/aromatic N) is 1. The van der Waals surface area contributed by atoms with Gasteiger partial charge in [-0.05, 0) is 39.5 Å². The molecule has 2 fully saturated rings. The number of esters is 1. The Morgan fingerprint density at radius 2 is 1.78 bits per heavy atom. The van der Waals surface area contributed by atoms with Crippen LogP contribution in [0.3, 0.4) is 0 Å². The predicted octanol–water partition coefficient (Wildman–Crippen LogP) is 0.902. The molecule has 1 saturated heterocycles. The highest BCUT2D eigenvalue weighted by molar-refractivity contribution is 7.86. The van der Waals surface area contributed by atoms with Gasteiger partial charge in [-0.25, -0.2) is 9.59 Å². The fourth-order valence-electron chi connectivity index (χ4n) is 3.32. The first-order valence-corrected chi connectivity index (χ1v) is 9.22. The molecular formula is C14H23NO7S. The summed E-state index contributed by atoms with van der Waals surface area (Å²) in [5.74, 6) is -0.729. The Balaban J connectivity index is 2.26. The smallest absolute Gasteiger partial charge is 0.411 e. The highest BCUT2D eigenvalue weighted by atomic mass is 32.2. The number of hydrogen-bond acceptors (Lipinski definition) is 7. The summed E-state index contributed by atoms with van der Waals surface area (Å²) < 4.78 is 38.0. The van der Waals surface area contributed by atoms with Crippen LogP contribution in [0.1, 0.15) is 33.6 Å². The molecule has 8 nitrogen and oxygen atoms in total. The summed E-state index contributed by atoms with van der Waals surface area (Å²) in [6.45, 7) is 5.16. The van der Waals surface area contributed by atoms with Crippen LogP contribution in [0, 0.1) is 5.92 Å². The number of carbonyl (C=O) groups is 2. The predicted molar refractivity (Wildman–Crippen MR) is 80.1 cm³/mol. The van der Waals surface area contributed by atoms with Gasteiger partial charge in [0.05, 0.1) is 25.5 Å². The summed E-state index contributed by atoms with van der Waals surface area (Å²) in [7, 11) is -2.40. The summed E-state index contributed by atoms with van der Waals surface area (Å²) in [5, 5.41) is 0. The minimum absolute atomic E-state index is 0.202. The van der Waals surface area contributed by atoms with Crippen molar-refractivity contribution in [2.24, 2.45) is 5.92 Å². The van der Waals surface area contributed by atoms with Gasteiger partial charge in [0.1, 0.15) is 11.6 Å². The van der Waals surface area contributed by atoms with Gasteiger partial charge in [-0.1, -0.05) is 0 Å². The van der Waals surface area contributed by atoms with Gasteiger partial charge < -0.3 is 9.47 Å². The van der Waals surface area contributed by atoms with Crippen LogP contribution in [0.15, 0.2) is 0 Å². The van der Waals surface area contributed by atoms with Gasteiger partial charge >= 0.3 is 12.1 Å². The van der Waals surface area contributed by atoms with Gasteiger partial charge in [0.25, 0.3) is 10.1 Å². The van der Waals surface area contributed by atoms with Gasteiger partial charge in [-0.2, -0.15) is 8.42 Å². The van der Waals surface area contributed by atoms with E-state index < -0.39 is 46.0 Å². The number of rotatable bonds is 3. The number of carbonyl (C=O) groups excluding carboxylic acids is 2. The zero-order valence-corrected chi connectivity index (χ0v) is 14.8. The molecule has 0 N–H and O–H groups in total. The minimum Gasteiger partial charge on any atom is -0.467 e. The second-order valence-corrected chi connectivity index (χ2v) is 8.59. The molecule has 23 heavy (non-hydrogen) atoms. The van der Waals surface area contributed by atoms with Crippen LogP contribution >= 0.6 is 0 Å². The lowest BCUT2D eigenvalue weighted by Gasteiger charge is -2.37. The van der Waals surface area contributed by atoms with Crippen LogP contribution in [0.2, 0.25) is 0 Å². The van der Waals surface area contributed by atoms with Crippen molar-refractivity contribution in [3.8, 4) is 0 Å². The van der Waals surface area contributed by atoms with Crippen LogP contribution in [0.25, 0.3) is 0 Å². The van der Waals surface area contributed by atoms with Gasteiger partial charge in [-0.3, -0.25) is 9.08 Å². The van der Waals surface area contributed by atoms with Crippen molar-refractivity contribution in [3.05, 3.63) is 0 Å². The monoisotopic (exact) mass is 349 g/mol. The quantitative estimate of drug-likeness (QED) is 0.551. The number of amides is 1. The van der Waals surface area contributed by atoms with Crippen molar-refractivity contribution in [1.82, 2.24) is 4.90 Å². The van der Waals surface area contributed by atoms with Crippen LogP contribution in [0.5, 0.6) is 0 Å². The van der Waals surface area contributed by atoms with Crippen LogP contribution in [0.4, 0.5) is 4.79 Å². The van der Waals surface area contributed by atoms with E-state index in [0.29, 0.717) is 12.8 Å². The molecule has 0 aromatic rings. The summed E-state index contributed by atoms with van der Waals surface area (Å²) in [6, 6.07) is -1.28. The van der Waals surface area contributed by atoms with E-state index in [-0.39, 0.29) is 5.92 Å². The minimum atomic E-state index is -3.65. The number of ether oxygens (including phenoxy) is 2. The second-order valence-electron chi connectivity index (χ2n) is 6.99. The topological polar surface area (TPSA) is 99.2 Å². The molecule has 1 amide bonds. The Labute approximate surface area is 136 Å². The number of hydrogen-bond donors (Lipinski definition) is 0. The molecule has 2 bridgehead atoms. The Hall–Kier alpha value is -1.35. The van der Waals surface area contributed by atoms with Crippen LogP contribution < -0.4 is 0 Å². The Bertz CT molecular complexity index is 595. The third-order valence-electron chi connectivity index (χ3n) is 3.96. The zero-order valence-electron chi connectivity index (χ0n) is 13.9. The molecule has 1 aliphatic heterocycles.